The zero-order valence-electron chi connectivity index (χ0n) is 11.3. The third-order valence-corrected chi connectivity index (χ3v) is 3.67. The fourth-order valence-electron chi connectivity index (χ4n) is 2.62. The minimum absolute atomic E-state index is 0.361. The zero-order chi connectivity index (χ0) is 15.0. The SMILES string of the molecule is OC1CCn2cc(Cc3cccc(C(F)(F)F)c3)nc2C1. The van der Waals surface area contributed by atoms with Gasteiger partial charge in [0, 0.05) is 25.6 Å². The Kier molecular flexibility index (Phi) is 3.49. The molecule has 1 aliphatic rings. The van der Waals surface area contributed by atoms with Crippen molar-refractivity contribution in [3.63, 3.8) is 0 Å². The van der Waals surface area contributed by atoms with Crippen LogP contribution in [0.2, 0.25) is 0 Å². The minimum Gasteiger partial charge on any atom is -0.393 e. The lowest BCUT2D eigenvalue weighted by Crippen LogP contribution is -2.22. The van der Waals surface area contributed by atoms with Crippen molar-refractivity contribution in [3.05, 3.63) is 53.1 Å². The van der Waals surface area contributed by atoms with Gasteiger partial charge in [0.05, 0.1) is 17.4 Å². The van der Waals surface area contributed by atoms with Crippen LogP contribution >= 0.6 is 0 Å². The number of aromatic nitrogens is 2. The number of aliphatic hydroxyl groups is 1. The zero-order valence-corrected chi connectivity index (χ0v) is 11.3. The molecule has 0 fully saturated rings. The Bertz CT molecular complexity index is 649. The lowest BCUT2D eigenvalue weighted by Gasteiger charge is -2.18. The van der Waals surface area contributed by atoms with Gasteiger partial charge in [-0.1, -0.05) is 18.2 Å². The molecule has 3 nitrogen and oxygen atoms in total. The Morgan fingerprint density at radius 3 is 2.90 bits per heavy atom. The van der Waals surface area contributed by atoms with Gasteiger partial charge in [-0.05, 0) is 18.1 Å². The molecule has 1 aromatic carbocycles. The van der Waals surface area contributed by atoms with E-state index in [1.165, 1.54) is 6.07 Å². The summed E-state index contributed by atoms with van der Waals surface area (Å²) in [5.41, 5.74) is 0.679. The average Bonchev–Trinajstić information content (AvgIpc) is 2.79. The molecule has 3 rings (SSSR count). The molecule has 0 spiro atoms. The third kappa shape index (κ3) is 3.10. The standard InChI is InChI=1S/C15H15F3N2O/c16-15(17,18)11-3-1-2-10(6-11)7-12-9-20-5-4-13(21)8-14(20)19-12/h1-3,6,9,13,21H,4-5,7-8H2. The molecule has 0 radical (unpaired) electrons. The average molecular weight is 296 g/mol. The van der Waals surface area contributed by atoms with Gasteiger partial charge in [-0.3, -0.25) is 0 Å². The highest BCUT2D eigenvalue weighted by atomic mass is 19.4. The van der Waals surface area contributed by atoms with Crippen molar-refractivity contribution in [3.8, 4) is 0 Å². The summed E-state index contributed by atoms with van der Waals surface area (Å²) < 4.78 is 40.0. The molecular formula is C15H15F3N2O. The summed E-state index contributed by atoms with van der Waals surface area (Å²) in [6, 6.07) is 5.31. The summed E-state index contributed by atoms with van der Waals surface area (Å²) in [6.45, 7) is 0.700. The van der Waals surface area contributed by atoms with Gasteiger partial charge >= 0.3 is 6.18 Å². The predicted octanol–water partition coefficient (Wildman–Crippen LogP) is 2.80. The van der Waals surface area contributed by atoms with Crippen LogP contribution in [0.25, 0.3) is 0 Å². The number of hydrogen-bond acceptors (Lipinski definition) is 2. The van der Waals surface area contributed by atoms with Crippen molar-refractivity contribution >= 4 is 0 Å². The van der Waals surface area contributed by atoms with Crippen molar-refractivity contribution in [2.75, 3.05) is 0 Å². The topological polar surface area (TPSA) is 38.0 Å². The van der Waals surface area contributed by atoms with E-state index in [-0.39, 0.29) is 6.10 Å². The van der Waals surface area contributed by atoms with E-state index in [0.717, 1.165) is 23.7 Å². The Morgan fingerprint density at radius 1 is 1.33 bits per heavy atom. The number of aliphatic hydroxyl groups excluding tert-OH is 1. The second kappa shape index (κ2) is 5.18. The number of aryl methyl sites for hydroxylation is 1. The van der Waals surface area contributed by atoms with E-state index in [1.807, 2.05) is 10.8 Å². The normalized spacial score (nSPS) is 18.6. The van der Waals surface area contributed by atoms with E-state index in [0.29, 0.717) is 31.4 Å². The highest BCUT2D eigenvalue weighted by Crippen LogP contribution is 2.30. The largest absolute Gasteiger partial charge is 0.416 e. The van der Waals surface area contributed by atoms with E-state index < -0.39 is 11.7 Å². The first-order chi connectivity index (χ1) is 9.91. The van der Waals surface area contributed by atoms with Crippen LogP contribution < -0.4 is 0 Å². The molecule has 0 aliphatic carbocycles. The molecule has 0 saturated carbocycles. The van der Waals surface area contributed by atoms with Crippen molar-refractivity contribution in [1.82, 2.24) is 9.55 Å². The van der Waals surface area contributed by atoms with E-state index in [1.54, 1.807) is 6.07 Å². The van der Waals surface area contributed by atoms with E-state index in [2.05, 4.69) is 4.98 Å². The Labute approximate surface area is 120 Å². The Morgan fingerprint density at radius 2 is 2.14 bits per heavy atom. The third-order valence-electron chi connectivity index (χ3n) is 3.67. The van der Waals surface area contributed by atoms with Gasteiger partial charge < -0.3 is 9.67 Å². The van der Waals surface area contributed by atoms with Crippen LogP contribution in [0, 0.1) is 0 Å². The molecule has 1 N–H and O–H groups in total. The number of rotatable bonds is 2. The maximum Gasteiger partial charge on any atom is 0.416 e. The van der Waals surface area contributed by atoms with Crippen LogP contribution in [0.1, 0.15) is 29.1 Å². The smallest absolute Gasteiger partial charge is 0.393 e. The first-order valence-corrected chi connectivity index (χ1v) is 6.81. The van der Waals surface area contributed by atoms with Crippen molar-refractivity contribution < 1.29 is 18.3 Å². The number of alkyl halides is 3. The minimum atomic E-state index is -4.33. The number of imidazole rings is 1. The molecule has 6 heteroatoms. The molecule has 0 amide bonds. The molecule has 2 aromatic rings. The van der Waals surface area contributed by atoms with E-state index in [9.17, 15) is 18.3 Å². The van der Waals surface area contributed by atoms with Crippen LogP contribution in [-0.4, -0.2) is 20.8 Å². The summed E-state index contributed by atoms with van der Waals surface area (Å²) >= 11 is 0. The van der Waals surface area contributed by atoms with Gasteiger partial charge in [-0.15, -0.1) is 0 Å². The number of hydrogen-bond donors (Lipinski definition) is 1. The second-order valence-electron chi connectivity index (χ2n) is 5.36. The molecule has 0 saturated heterocycles. The molecule has 1 unspecified atom stereocenters. The van der Waals surface area contributed by atoms with E-state index in [4.69, 9.17) is 0 Å². The highest BCUT2D eigenvalue weighted by molar-refractivity contribution is 5.28. The van der Waals surface area contributed by atoms with Gasteiger partial charge in [0.25, 0.3) is 0 Å². The summed E-state index contributed by atoms with van der Waals surface area (Å²) in [7, 11) is 0. The monoisotopic (exact) mass is 296 g/mol. The Balaban J connectivity index is 1.81. The second-order valence-corrected chi connectivity index (χ2v) is 5.36. The molecule has 2 heterocycles. The van der Waals surface area contributed by atoms with Gasteiger partial charge in [0.1, 0.15) is 5.82 Å². The summed E-state index contributed by atoms with van der Waals surface area (Å²) in [5, 5.41) is 9.60. The van der Waals surface area contributed by atoms with Crippen LogP contribution in [0.5, 0.6) is 0 Å². The number of nitrogens with zero attached hydrogens (tertiary/aromatic N) is 2. The summed E-state index contributed by atoms with van der Waals surface area (Å²) in [5.74, 6) is 0.802. The molecule has 0 bridgehead atoms. The van der Waals surface area contributed by atoms with Gasteiger partial charge in [0.2, 0.25) is 0 Å². The Hall–Kier alpha value is -1.82. The highest BCUT2D eigenvalue weighted by Gasteiger charge is 2.30. The van der Waals surface area contributed by atoms with Crippen LogP contribution in [0.15, 0.2) is 30.5 Å². The van der Waals surface area contributed by atoms with Gasteiger partial charge in [-0.25, -0.2) is 4.98 Å². The van der Waals surface area contributed by atoms with Gasteiger partial charge in [0.15, 0.2) is 0 Å². The predicted molar refractivity (Wildman–Crippen MR) is 70.8 cm³/mol. The fraction of sp³-hybridized carbons (Fsp3) is 0.400. The molecule has 112 valence electrons. The van der Waals surface area contributed by atoms with Crippen LogP contribution in [-0.2, 0) is 25.6 Å². The van der Waals surface area contributed by atoms with Crippen molar-refractivity contribution in [1.29, 1.82) is 0 Å². The van der Waals surface area contributed by atoms with Crippen LogP contribution in [0.3, 0.4) is 0 Å². The lowest BCUT2D eigenvalue weighted by atomic mass is 10.1. The van der Waals surface area contributed by atoms with Crippen molar-refractivity contribution in [2.24, 2.45) is 0 Å². The maximum absolute atomic E-state index is 12.7. The summed E-state index contributed by atoms with van der Waals surface area (Å²) in [6.07, 6.45) is -1.29. The molecule has 1 aromatic heterocycles. The van der Waals surface area contributed by atoms with Crippen molar-refractivity contribution in [2.45, 2.75) is 38.1 Å². The first kappa shape index (κ1) is 14.1. The molecular weight excluding hydrogens is 281 g/mol. The first-order valence-electron chi connectivity index (χ1n) is 6.81. The van der Waals surface area contributed by atoms with E-state index >= 15 is 0 Å². The lowest BCUT2D eigenvalue weighted by molar-refractivity contribution is -0.137. The number of fused-ring (bicyclic) bond motifs is 1. The van der Waals surface area contributed by atoms with Gasteiger partial charge in [-0.2, -0.15) is 13.2 Å². The number of benzene rings is 1. The quantitative estimate of drug-likeness (QED) is 0.925. The number of halogens is 3. The summed E-state index contributed by atoms with van der Waals surface area (Å²) in [4.78, 5) is 4.41. The fourth-order valence-corrected chi connectivity index (χ4v) is 2.62. The molecule has 1 aliphatic heterocycles. The maximum atomic E-state index is 12.7. The molecule has 1 atom stereocenters. The van der Waals surface area contributed by atoms with Crippen LogP contribution in [0.4, 0.5) is 13.2 Å². The molecule has 21 heavy (non-hydrogen) atoms.